The van der Waals surface area contributed by atoms with Crippen LogP contribution in [0, 0.1) is 5.41 Å². The maximum Gasteiger partial charge on any atom is 0.0667 e. The summed E-state index contributed by atoms with van der Waals surface area (Å²) in [4.78, 5) is 4.51. The molecule has 1 rings (SSSR count). The molecule has 0 saturated carbocycles. The monoisotopic (exact) mass is 333 g/mol. The predicted molar refractivity (Wildman–Crippen MR) is 106 cm³/mol. The Morgan fingerprint density at radius 2 is 2.13 bits per heavy atom. The van der Waals surface area contributed by atoms with Crippen LogP contribution >= 0.6 is 11.8 Å². The number of rotatable bonds is 8. The van der Waals surface area contributed by atoms with Gasteiger partial charge < -0.3 is 11.1 Å². The summed E-state index contributed by atoms with van der Waals surface area (Å²) in [5.41, 5.74) is 11.4. The zero-order valence-corrected chi connectivity index (χ0v) is 16.0. The van der Waals surface area contributed by atoms with E-state index in [0.717, 1.165) is 47.8 Å². The van der Waals surface area contributed by atoms with Gasteiger partial charge in [-0.05, 0) is 54.4 Å². The number of aryl methyl sites for hydroxylation is 1. The van der Waals surface area contributed by atoms with Crippen molar-refractivity contribution in [3.05, 3.63) is 41.5 Å². The molecule has 0 radical (unpaired) electrons. The number of hydrogen-bond acceptors (Lipinski definition) is 4. The zero-order chi connectivity index (χ0) is 17.5. The first-order valence-electron chi connectivity index (χ1n) is 8.14. The second-order valence-corrected chi connectivity index (χ2v) is 8.03. The highest BCUT2D eigenvalue weighted by Crippen LogP contribution is 2.26. The third kappa shape index (κ3) is 7.60. The van der Waals surface area contributed by atoms with Crippen molar-refractivity contribution < 1.29 is 0 Å². The van der Waals surface area contributed by atoms with Crippen molar-refractivity contribution in [3.63, 3.8) is 0 Å². The number of nitrogens with one attached hydrogen (secondary N) is 1. The van der Waals surface area contributed by atoms with Gasteiger partial charge in [-0.25, -0.2) is 0 Å². The second-order valence-electron chi connectivity index (χ2n) is 7.05. The minimum Gasteiger partial charge on any atom is -0.402 e. The van der Waals surface area contributed by atoms with Crippen LogP contribution in [0.25, 0.3) is 6.08 Å². The summed E-state index contributed by atoms with van der Waals surface area (Å²) in [7, 11) is 0. The van der Waals surface area contributed by atoms with Gasteiger partial charge >= 0.3 is 0 Å². The quantitative estimate of drug-likeness (QED) is 0.698. The molecular formula is C19H31N3S. The third-order valence-corrected chi connectivity index (χ3v) is 3.98. The molecular weight excluding hydrogens is 302 g/mol. The van der Waals surface area contributed by atoms with Crippen LogP contribution < -0.4 is 11.1 Å². The molecule has 0 aromatic carbocycles. The number of pyridine rings is 1. The molecule has 1 heterocycles. The van der Waals surface area contributed by atoms with Gasteiger partial charge in [0.15, 0.2) is 0 Å². The zero-order valence-electron chi connectivity index (χ0n) is 15.2. The molecule has 1 aromatic heterocycles. The molecule has 0 spiro atoms. The summed E-state index contributed by atoms with van der Waals surface area (Å²) >= 11 is 1.80. The van der Waals surface area contributed by atoms with E-state index in [0.29, 0.717) is 0 Å². The number of nitrogens with two attached hydrogens (primary N) is 1. The van der Waals surface area contributed by atoms with Gasteiger partial charge in [-0.15, -0.1) is 0 Å². The molecule has 23 heavy (non-hydrogen) atoms. The topological polar surface area (TPSA) is 50.9 Å². The van der Waals surface area contributed by atoms with Crippen molar-refractivity contribution in [1.82, 2.24) is 4.98 Å². The Balaban J connectivity index is 2.93. The molecule has 4 heteroatoms. The minimum absolute atomic E-state index is 0.217. The summed E-state index contributed by atoms with van der Waals surface area (Å²) in [6, 6.07) is 2.07. The first-order chi connectivity index (χ1) is 10.7. The van der Waals surface area contributed by atoms with E-state index < -0.39 is 0 Å². The largest absolute Gasteiger partial charge is 0.402 e. The minimum atomic E-state index is 0.217. The van der Waals surface area contributed by atoms with E-state index in [1.54, 1.807) is 11.8 Å². The number of hydrogen-bond donors (Lipinski definition) is 2. The van der Waals surface area contributed by atoms with E-state index in [4.69, 9.17) is 5.73 Å². The molecule has 0 unspecified atom stereocenters. The van der Waals surface area contributed by atoms with E-state index in [1.807, 2.05) is 12.3 Å². The van der Waals surface area contributed by atoms with Crippen molar-refractivity contribution in [1.29, 1.82) is 0 Å². The van der Waals surface area contributed by atoms with Crippen LogP contribution in [-0.2, 0) is 6.42 Å². The van der Waals surface area contributed by atoms with Gasteiger partial charge in [0, 0.05) is 23.3 Å². The number of anilines is 1. The van der Waals surface area contributed by atoms with Crippen molar-refractivity contribution in [2.75, 3.05) is 17.3 Å². The average Bonchev–Trinajstić information content (AvgIpc) is 2.43. The number of allylic oxidation sites excluding steroid dienone is 2. The summed E-state index contributed by atoms with van der Waals surface area (Å²) in [6.45, 7) is 13.0. The van der Waals surface area contributed by atoms with E-state index in [9.17, 15) is 0 Å². The van der Waals surface area contributed by atoms with Gasteiger partial charge in [-0.1, -0.05) is 34.3 Å². The highest BCUT2D eigenvalue weighted by molar-refractivity contribution is 7.98. The van der Waals surface area contributed by atoms with Gasteiger partial charge in [0.2, 0.25) is 0 Å². The number of thioether (sulfide) groups is 1. The number of aromatic nitrogens is 1. The van der Waals surface area contributed by atoms with Crippen molar-refractivity contribution >= 4 is 23.5 Å². The lowest BCUT2D eigenvalue weighted by molar-refractivity contribution is 0.411. The predicted octanol–water partition coefficient (Wildman–Crippen LogP) is 5.06. The Hall–Kier alpha value is -1.42. The third-order valence-electron chi connectivity index (χ3n) is 3.37. The maximum absolute atomic E-state index is 6.07. The first kappa shape index (κ1) is 19.6. The molecule has 0 fully saturated rings. The maximum atomic E-state index is 6.07. The van der Waals surface area contributed by atoms with Crippen molar-refractivity contribution in [2.45, 2.75) is 47.0 Å². The molecule has 0 aliphatic rings. The molecule has 0 aliphatic carbocycles. The fraction of sp³-hybridized carbons (Fsp3) is 0.526. The fourth-order valence-corrected chi connectivity index (χ4v) is 2.77. The fourth-order valence-electron chi connectivity index (χ4n) is 2.33. The number of nitrogens with zero attached hydrogens (tertiary/aromatic N) is 1. The van der Waals surface area contributed by atoms with Gasteiger partial charge in [0.1, 0.15) is 0 Å². The Morgan fingerprint density at radius 3 is 2.70 bits per heavy atom. The van der Waals surface area contributed by atoms with Crippen LogP contribution in [0.5, 0.6) is 0 Å². The van der Waals surface area contributed by atoms with Gasteiger partial charge in [-0.3, -0.25) is 4.98 Å². The average molecular weight is 334 g/mol. The lowest BCUT2D eigenvalue weighted by atomic mass is 9.91. The van der Waals surface area contributed by atoms with E-state index in [-0.39, 0.29) is 5.41 Å². The molecule has 0 atom stereocenters. The summed E-state index contributed by atoms with van der Waals surface area (Å²) in [6.07, 6.45) is 8.74. The molecule has 3 N–H and O–H groups in total. The van der Waals surface area contributed by atoms with Crippen LogP contribution in [-0.4, -0.2) is 17.0 Å². The molecule has 128 valence electrons. The second kappa shape index (κ2) is 9.02. The first-order valence-corrected chi connectivity index (χ1v) is 9.53. The van der Waals surface area contributed by atoms with Gasteiger partial charge in [0.05, 0.1) is 5.69 Å². The summed E-state index contributed by atoms with van der Waals surface area (Å²) < 4.78 is 0. The highest BCUT2D eigenvalue weighted by Gasteiger charge is 2.13. The molecule has 0 bridgehead atoms. The molecule has 0 amide bonds. The smallest absolute Gasteiger partial charge is 0.0667 e. The van der Waals surface area contributed by atoms with Crippen LogP contribution in [0.1, 0.15) is 51.8 Å². The molecule has 0 aliphatic heterocycles. The van der Waals surface area contributed by atoms with E-state index in [1.165, 1.54) is 5.56 Å². The van der Waals surface area contributed by atoms with E-state index in [2.05, 4.69) is 56.9 Å². The lowest BCUT2D eigenvalue weighted by Gasteiger charge is -2.21. The highest BCUT2D eigenvalue weighted by atomic mass is 32.2. The van der Waals surface area contributed by atoms with Gasteiger partial charge in [-0.2, -0.15) is 11.8 Å². The van der Waals surface area contributed by atoms with Crippen LogP contribution in [0.3, 0.4) is 0 Å². The van der Waals surface area contributed by atoms with Crippen molar-refractivity contribution in [2.24, 2.45) is 11.1 Å². The Morgan fingerprint density at radius 1 is 1.43 bits per heavy atom. The standard InChI is InChI=1S/C19H31N3S/c1-7-15-13-21-17(10-16(20)8-9-23-6)11-18(15)22-14(2)12-19(3,4)5/h10-11,13H,2,7-9,12,20H2,1,3-6H3,(H,21,22). The molecule has 3 nitrogen and oxygen atoms in total. The Bertz CT molecular complexity index is 556. The SMILES string of the molecule is C=C(CC(C)(C)C)Nc1cc(C=C(N)CCSC)ncc1CC. The summed E-state index contributed by atoms with van der Waals surface area (Å²) in [5.74, 6) is 1.03. The van der Waals surface area contributed by atoms with Crippen LogP contribution in [0.2, 0.25) is 0 Å². The van der Waals surface area contributed by atoms with Gasteiger partial charge in [0.25, 0.3) is 0 Å². The van der Waals surface area contributed by atoms with Crippen LogP contribution in [0.4, 0.5) is 5.69 Å². The Labute approximate surface area is 145 Å². The molecule has 1 aromatic rings. The van der Waals surface area contributed by atoms with Crippen molar-refractivity contribution in [3.8, 4) is 0 Å². The van der Waals surface area contributed by atoms with E-state index >= 15 is 0 Å². The Kier molecular flexibility index (Phi) is 7.69. The molecule has 0 saturated heterocycles. The lowest BCUT2D eigenvalue weighted by Crippen LogP contribution is -2.11. The normalized spacial score (nSPS) is 12.3. The summed E-state index contributed by atoms with van der Waals surface area (Å²) in [5, 5.41) is 3.47. The van der Waals surface area contributed by atoms with Crippen LogP contribution in [0.15, 0.2) is 30.2 Å².